The summed E-state index contributed by atoms with van der Waals surface area (Å²) in [5.41, 5.74) is 4.11. The lowest BCUT2D eigenvalue weighted by Gasteiger charge is -2.12. The molecule has 14 heavy (non-hydrogen) atoms. The first-order valence-corrected chi connectivity index (χ1v) is 4.72. The maximum absolute atomic E-state index is 9.92. The molecule has 1 aliphatic carbocycles. The molecule has 1 aromatic heterocycles. The number of fused-ring (bicyclic) bond motifs is 1. The summed E-state index contributed by atoms with van der Waals surface area (Å²) in [4.78, 5) is 0. The topological polar surface area (TPSA) is 33.4 Å². The Morgan fingerprint density at radius 2 is 2.00 bits per heavy atom. The Morgan fingerprint density at radius 3 is 2.71 bits per heavy atom. The fraction of sp³-hybridized carbons (Fsp3) is 0.333. The van der Waals surface area contributed by atoms with Crippen molar-refractivity contribution in [2.75, 3.05) is 0 Å². The van der Waals surface area contributed by atoms with E-state index in [9.17, 15) is 5.11 Å². The summed E-state index contributed by atoms with van der Waals surface area (Å²) in [6.07, 6.45) is 3.11. The fourth-order valence-electron chi connectivity index (χ4n) is 1.79. The zero-order valence-electron chi connectivity index (χ0n) is 8.66. The van der Waals surface area contributed by atoms with Crippen molar-refractivity contribution in [2.45, 2.75) is 26.9 Å². The highest BCUT2D eigenvalue weighted by Gasteiger charge is 2.19. The number of rotatable bonds is 0. The molecule has 0 saturated heterocycles. The average molecular weight is 190 g/mol. The average Bonchev–Trinajstić information content (AvgIpc) is 2.59. The molecule has 1 atom stereocenters. The summed E-state index contributed by atoms with van der Waals surface area (Å²) in [6.45, 7) is 5.89. The molecule has 1 aromatic rings. The van der Waals surface area contributed by atoms with Crippen molar-refractivity contribution >= 4 is 11.6 Å². The highest BCUT2D eigenvalue weighted by atomic mass is 16.3. The molecule has 1 N–H and O–H groups in total. The molecule has 2 rings (SSSR count). The number of hydrogen-bond donors (Lipinski definition) is 1. The molecule has 1 unspecified atom stereocenters. The van der Waals surface area contributed by atoms with E-state index in [1.54, 1.807) is 6.26 Å². The Labute approximate surface area is 83.6 Å². The van der Waals surface area contributed by atoms with Crippen molar-refractivity contribution in [3.63, 3.8) is 0 Å². The maximum atomic E-state index is 9.92. The Bertz CT molecular complexity index is 421. The number of aliphatic hydroxyl groups excluding tert-OH is 1. The van der Waals surface area contributed by atoms with E-state index in [2.05, 4.69) is 0 Å². The largest absolute Gasteiger partial charge is 0.464 e. The van der Waals surface area contributed by atoms with E-state index < -0.39 is 6.10 Å². The Kier molecular flexibility index (Phi) is 2.08. The second kappa shape index (κ2) is 3.14. The van der Waals surface area contributed by atoms with E-state index in [-0.39, 0.29) is 0 Å². The first kappa shape index (κ1) is 9.28. The molecule has 0 aliphatic heterocycles. The molecule has 2 heteroatoms. The van der Waals surface area contributed by atoms with Crippen LogP contribution in [0.2, 0.25) is 0 Å². The van der Waals surface area contributed by atoms with Crippen molar-refractivity contribution in [1.29, 1.82) is 0 Å². The molecule has 1 heterocycles. The summed E-state index contributed by atoms with van der Waals surface area (Å²) >= 11 is 0. The third-order valence-corrected chi connectivity index (χ3v) is 2.89. The third kappa shape index (κ3) is 1.23. The predicted octanol–water partition coefficient (Wildman–Crippen LogP) is 2.85. The van der Waals surface area contributed by atoms with E-state index in [4.69, 9.17) is 4.42 Å². The minimum Gasteiger partial charge on any atom is -0.464 e. The van der Waals surface area contributed by atoms with Crippen LogP contribution < -0.4 is 0 Å². The lowest BCUT2D eigenvalue weighted by molar-refractivity contribution is 0.248. The van der Waals surface area contributed by atoms with Gasteiger partial charge in [-0.1, -0.05) is 0 Å². The minimum absolute atomic E-state index is 0.474. The van der Waals surface area contributed by atoms with Crippen LogP contribution in [0.1, 0.15) is 32.1 Å². The van der Waals surface area contributed by atoms with Gasteiger partial charge < -0.3 is 9.52 Å². The van der Waals surface area contributed by atoms with Crippen LogP contribution in [0.4, 0.5) is 0 Å². The van der Waals surface area contributed by atoms with Crippen LogP contribution in [-0.4, -0.2) is 11.2 Å². The van der Waals surface area contributed by atoms with Crippen LogP contribution in [0.5, 0.6) is 0 Å². The molecule has 0 saturated carbocycles. The van der Waals surface area contributed by atoms with Crippen LogP contribution in [0.3, 0.4) is 0 Å². The van der Waals surface area contributed by atoms with Gasteiger partial charge in [0.1, 0.15) is 5.76 Å². The Balaban J connectivity index is 2.68. The summed E-state index contributed by atoms with van der Waals surface area (Å²) in [5, 5.41) is 9.92. The zero-order valence-corrected chi connectivity index (χ0v) is 8.66. The Morgan fingerprint density at radius 1 is 1.29 bits per heavy atom. The van der Waals surface area contributed by atoms with Gasteiger partial charge in [0, 0.05) is 5.56 Å². The molecule has 0 spiro atoms. The molecule has 0 bridgehead atoms. The highest BCUT2D eigenvalue weighted by Crippen LogP contribution is 2.31. The van der Waals surface area contributed by atoms with Gasteiger partial charge in [0.25, 0.3) is 0 Å². The number of furan rings is 1. The smallest absolute Gasteiger partial charge is 0.134 e. The van der Waals surface area contributed by atoms with Gasteiger partial charge in [-0.3, -0.25) is 0 Å². The van der Waals surface area contributed by atoms with Gasteiger partial charge in [-0.05, 0) is 49.6 Å². The van der Waals surface area contributed by atoms with Crippen LogP contribution in [0, 0.1) is 0 Å². The standard InChI is InChI=1S/C12H14O2/c1-7-6-11-10(4-5-14-11)8(2)9(3)12(7)13/h4-6,12-13H,1-3H3. The lowest BCUT2D eigenvalue weighted by atomic mass is 10.00. The zero-order chi connectivity index (χ0) is 10.3. The van der Waals surface area contributed by atoms with Gasteiger partial charge in [-0.2, -0.15) is 0 Å². The molecule has 0 aromatic carbocycles. The number of hydrogen-bond acceptors (Lipinski definition) is 2. The van der Waals surface area contributed by atoms with Gasteiger partial charge in [0.2, 0.25) is 0 Å². The SMILES string of the molecule is CC1=Cc2occc2C(C)=C(C)C1O. The van der Waals surface area contributed by atoms with Gasteiger partial charge in [-0.25, -0.2) is 0 Å². The summed E-state index contributed by atoms with van der Waals surface area (Å²) in [7, 11) is 0. The molecule has 2 nitrogen and oxygen atoms in total. The maximum Gasteiger partial charge on any atom is 0.134 e. The first-order chi connectivity index (χ1) is 6.61. The predicted molar refractivity (Wildman–Crippen MR) is 56.6 cm³/mol. The molecular weight excluding hydrogens is 176 g/mol. The molecule has 1 aliphatic rings. The van der Waals surface area contributed by atoms with Crippen LogP contribution in [0.25, 0.3) is 11.6 Å². The van der Waals surface area contributed by atoms with E-state index in [0.29, 0.717) is 0 Å². The monoisotopic (exact) mass is 190 g/mol. The second-order valence-corrected chi connectivity index (χ2v) is 3.80. The number of aliphatic hydroxyl groups is 1. The van der Waals surface area contributed by atoms with Crippen LogP contribution in [-0.2, 0) is 0 Å². The lowest BCUT2D eigenvalue weighted by Crippen LogP contribution is -2.09. The van der Waals surface area contributed by atoms with Gasteiger partial charge in [0.05, 0.1) is 12.4 Å². The first-order valence-electron chi connectivity index (χ1n) is 4.72. The summed E-state index contributed by atoms with van der Waals surface area (Å²) < 4.78 is 5.35. The Hall–Kier alpha value is -1.28. The van der Waals surface area contributed by atoms with Crippen LogP contribution in [0.15, 0.2) is 27.9 Å². The molecule has 0 amide bonds. The minimum atomic E-state index is -0.474. The fourth-order valence-corrected chi connectivity index (χ4v) is 1.79. The quantitative estimate of drug-likeness (QED) is 0.682. The second-order valence-electron chi connectivity index (χ2n) is 3.80. The van der Waals surface area contributed by atoms with Gasteiger partial charge in [0.15, 0.2) is 0 Å². The normalized spacial score (nSPS) is 21.7. The van der Waals surface area contributed by atoms with E-state index in [1.807, 2.05) is 32.9 Å². The molecular formula is C12H14O2. The van der Waals surface area contributed by atoms with Crippen molar-refractivity contribution in [3.05, 3.63) is 34.8 Å². The van der Waals surface area contributed by atoms with Crippen molar-refractivity contribution in [2.24, 2.45) is 0 Å². The van der Waals surface area contributed by atoms with E-state index in [1.165, 1.54) is 0 Å². The van der Waals surface area contributed by atoms with E-state index in [0.717, 1.165) is 28.0 Å². The molecule has 0 radical (unpaired) electrons. The summed E-state index contributed by atoms with van der Waals surface area (Å²) in [5.74, 6) is 0.843. The highest BCUT2D eigenvalue weighted by molar-refractivity contribution is 5.77. The van der Waals surface area contributed by atoms with E-state index >= 15 is 0 Å². The van der Waals surface area contributed by atoms with Gasteiger partial charge in [-0.15, -0.1) is 0 Å². The third-order valence-electron chi connectivity index (χ3n) is 2.89. The summed E-state index contributed by atoms with van der Waals surface area (Å²) in [6, 6.07) is 1.94. The number of allylic oxidation sites excluding steroid dienone is 1. The van der Waals surface area contributed by atoms with Gasteiger partial charge >= 0.3 is 0 Å². The van der Waals surface area contributed by atoms with Crippen molar-refractivity contribution in [1.82, 2.24) is 0 Å². The molecule has 0 fully saturated rings. The molecule has 74 valence electrons. The van der Waals surface area contributed by atoms with Crippen molar-refractivity contribution in [3.8, 4) is 0 Å². The van der Waals surface area contributed by atoms with Crippen molar-refractivity contribution < 1.29 is 9.52 Å². The van der Waals surface area contributed by atoms with Crippen LogP contribution >= 0.6 is 0 Å².